The van der Waals surface area contributed by atoms with Crippen LogP contribution in [0.1, 0.15) is 37.6 Å². The molecule has 0 bridgehead atoms. The Hall–Kier alpha value is -2.87. The first-order chi connectivity index (χ1) is 12.9. The molecule has 0 saturated carbocycles. The van der Waals surface area contributed by atoms with Crippen LogP contribution in [0.2, 0.25) is 0 Å². The minimum Gasteiger partial charge on any atom is -0.453 e. The molecule has 0 aliphatic heterocycles. The van der Waals surface area contributed by atoms with E-state index in [-0.39, 0.29) is 5.91 Å². The fourth-order valence-corrected chi connectivity index (χ4v) is 4.31. The van der Waals surface area contributed by atoms with Gasteiger partial charge in [0.2, 0.25) is 0 Å². The van der Waals surface area contributed by atoms with Crippen LogP contribution in [-0.2, 0) is 17.6 Å². The molecular formula is C19H21N3O4S. The maximum Gasteiger partial charge on any atom is 0.413 e. The van der Waals surface area contributed by atoms with Gasteiger partial charge in [-0.1, -0.05) is 0 Å². The summed E-state index contributed by atoms with van der Waals surface area (Å²) >= 11 is 1.39. The Labute approximate surface area is 161 Å². The van der Waals surface area contributed by atoms with Crippen LogP contribution in [0.3, 0.4) is 0 Å². The first kappa shape index (κ1) is 18.9. The molecular weight excluding hydrogens is 366 g/mol. The number of rotatable bonds is 4. The predicted octanol–water partition coefficient (Wildman–Crippen LogP) is 3.05. The van der Waals surface area contributed by atoms with Gasteiger partial charge in [-0.3, -0.25) is 14.9 Å². The Morgan fingerprint density at radius 1 is 1.07 bits per heavy atom. The van der Waals surface area contributed by atoms with E-state index in [0.717, 1.165) is 35.4 Å². The van der Waals surface area contributed by atoms with Crippen molar-refractivity contribution in [2.45, 2.75) is 19.3 Å². The number of fused-ring (bicyclic) bond motifs is 1. The summed E-state index contributed by atoms with van der Waals surface area (Å²) < 4.78 is 4.50. The summed E-state index contributed by atoms with van der Waals surface area (Å²) in [5.41, 5.74) is 2.74. The van der Waals surface area contributed by atoms with Crippen LogP contribution < -0.4 is 15.5 Å². The number of nitrogens with zero attached hydrogens (tertiary/aromatic N) is 1. The molecule has 142 valence electrons. The second-order valence-electron chi connectivity index (χ2n) is 6.40. The van der Waals surface area contributed by atoms with E-state index in [1.807, 2.05) is 31.1 Å². The quantitative estimate of drug-likeness (QED) is 0.842. The fraction of sp³-hybridized carbons (Fsp3) is 0.316. The van der Waals surface area contributed by atoms with E-state index in [0.29, 0.717) is 16.1 Å². The first-order valence-corrected chi connectivity index (χ1v) is 9.35. The van der Waals surface area contributed by atoms with Crippen molar-refractivity contribution in [2.24, 2.45) is 0 Å². The van der Waals surface area contributed by atoms with Gasteiger partial charge in [0.15, 0.2) is 0 Å². The molecule has 8 heteroatoms. The SMILES string of the molecule is COC(=O)NC(=O)c1c(NC(=O)c2ccc(N(C)C)cc2)sc2c1CCC2. The molecule has 1 aliphatic carbocycles. The maximum atomic E-state index is 12.6. The average Bonchev–Trinajstić information content (AvgIpc) is 3.22. The Kier molecular flexibility index (Phi) is 5.46. The molecule has 0 atom stereocenters. The second-order valence-corrected chi connectivity index (χ2v) is 7.51. The molecule has 1 heterocycles. The lowest BCUT2D eigenvalue weighted by atomic mass is 10.1. The summed E-state index contributed by atoms with van der Waals surface area (Å²) in [4.78, 5) is 39.6. The van der Waals surface area contributed by atoms with Crippen LogP contribution in [0.4, 0.5) is 15.5 Å². The third-order valence-electron chi connectivity index (χ3n) is 4.42. The van der Waals surface area contributed by atoms with E-state index in [4.69, 9.17) is 0 Å². The number of carbonyl (C=O) groups is 3. The number of ether oxygens (including phenoxy) is 1. The van der Waals surface area contributed by atoms with Crippen LogP contribution in [0, 0.1) is 0 Å². The third kappa shape index (κ3) is 3.95. The zero-order valence-corrected chi connectivity index (χ0v) is 16.2. The number of hydrogen-bond acceptors (Lipinski definition) is 6. The lowest BCUT2D eigenvalue weighted by molar-refractivity contribution is 0.0937. The van der Waals surface area contributed by atoms with Gasteiger partial charge >= 0.3 is 6.09 Å². The number of alkyl carbamates (subject to hydrolysis) is 1. The Morgan fingerprint density at radius 3 is 2.41 bits per heavy atom. The lowest BCUT2D eigenvalue weighted by Gasteiger charge is -2.13. The largest absolute Gasteiger partial charge is 0.453 e. The third-order valence-corrected chi connectivity index (χ3v) is 5.63. The maximum absolute atomic E-state index is 12.6. The zero-order valence-electron chi connectivity index (χ0n) is 15.4. The number of imide groups is 1. The summed E-state index contributed by atoms with van der Waals surface area (Å²) in [5, 5.41) is 5.48. The van der Waals surface area contributed by atoms with Crippen LogP contribution in [0.15, 0.2) is 24.3 Å². The van der Waals surface area contributed by atoms with Crippen molar-refractivity contribution in [2.75, 3.05) is 31.4 Å². The summed E-state index contributed by atoms with van der Waals surface area (Å²) in [6.07, 6.45) is 1.75. The highest BCUT2D eigenvalue weighted by molar-refractivity contribution is 7.17. The van der Waals surface area contributed by atoms with Crippen molar-refractivity contribution in [3.63, 3.8) is 0 Å². The number of methoxy groups -OCH3 is 1. The number of thiophene rings is 1. The van der Waals surface area contributed by atoms with E-state index in [1.165, 1.54) is 18.4 Å². The van der Waals surface area contributed by atoms with Crippen molar-refractivity contribution < 1.29 is 19.1 Å². The van der Waals surface area contributed by atoms with E-state index in [2.05, 4.69) is 15.4 Å². The molecule has 1 aromatic carbocycles. The molecule has 2 aromatic rings. The number of amides is 3. The topological polar surface area (TPSA) is 87.7 Å². The van der Waals surface area contributed by atoms with Gasteiger partial charge < -0.3 is 15.0 Å². The standard InChI is InChI=1S/C19H21N3O4S/c1-22(2)12-9-7-11(8-10-12)16(23)20-18-15(17(24)21-19(25)26-3)13-5-4-6-14(13)27-18/h7-10H,4-6H2,1-3H3,(H,20,23)(H,21,24,25). The minimum atomic E-state index is -0.825. The second kappa shape index (κ2) is 7.79. The number of carbonyl (C=O) groups excluding carboxylic acids is 3. The number of hydrogen-bond donors (Lipinski definition) is 2. The number of anilines is 2. The lowest BCUT2D eigenvalue weighted by Crippen LogP contribution is -2.31. The van der Waals surface area contributed by atoms with Gasteiger partial charge in [0.05, 0.1) is 12.7 Å². The summed E-state index contributed by atoms with van der Waals surface area (Å²) in [6.45, 7) is 0. The van der Waals surface area contributed by atoms with Gasteiger partial charge in [0.1, 0.15) is 5.00 Å². The molecule has 0 unspecified atom stereocenters. The van der Waals surface area contributed by atoms with Crippen LogP contribution >= 0.6 is 11.3 Å². The molecule has 3 amide bonds. The molecule has 0 saturated heterocycles. The van der Waals surface area contributed by atoms with Gasteiger partial charge in [-0.15, -0.1) is 11.3 Å². The first-order valence-electron chi connectivity index (χ1n) is 8.53. The molecule has 1 aliphatic rings. The van der Waals surface area contributed by atoms with Crippen LogP contribution in [0.5, 0.6) is 0 Å². The van der Waals surface area contributed by atoms with Crippen molar-refractivity contribution in [1.29, 1.82) is 0 Å². The van der Waals surface area contributed by atoms with Crippen molar-refractivity contribution in [3.05, 3.63) is 45.8 Å². The molecule has 27 heavy (non-hydrogen) atoms. The number of benzene rings is 1. The van der Waals surface area contributed by atoms with Crippen molar-refractivity contribution in [1.82, 2.24) is 5.32 Å². The normalized spacial score (nSPS) is 12.3. The van der Waals surface area contributed by atoms with Crippen molar-refractivity contribution >= 4 is 39.9 Å². The van der Waals surface area contributed by atoms with E-state index in [1.54, 1.807) is 12.1 Å². The smallest absolute Gasteiger partial charge is 0.413 e. The molecule has 2 N–H and O–H groups in total. The molecule has 1 aromatic heterocycles. The molecule has 0 spiro atoms. The Balaban J connectivity index is 1.85. The summed E-state index contributed by atoms with van der Waals surface area (Å²) in [5.74, 6) is -0.855. The number of nitrogens with one attached hydrogen (secondary N) is 2. The van der Waals surface area contributed by atoms with Gasteiger partial charge in [0.25, 0.3) is 11.8 Å². The highest BCUT2D eigenvalue weighted by Gasteiger charge is 2.28. The number of aryl methyl sites for hydroxylation is 1. The van der Waals surface area contributed by atoms with E-state index in [9.17, 15) is 14.4 Å². The molecule has 3 rings (SSSR count). The highest BCUT2D eigenvalue weighted by Crippen LogP contribution is 2.39. The molecule has 0 fully saturated rings. The highest BCUT2D eigenvalue weighted by atomic mass is 32.1. The van der Waals surface area contributed by atoms with Crippen LogP contribution in [0.25, 0.3) is 0 Å². The predicted molar refractivity (Wildman–Crippen MR) is 105 cm³/mol. The summed E-state index contributed by atoms with van der Waals surface area (Å²) in [7, 11) is 5.05. The molecule has 0 radical (unpaired) electrons. The van der Waals surface area contributed by atoms with E-state index < -0.39 is 12.0 Å². The van der Waals surface area contributed by atoms with Crippen LogP contribution in [-0.4, -0.2) is 39.1 Å². The minimum absolute atomic E-state index is 0.299. The van der Waals surface area contributed by atoms with Gasteiger partial charge in [0, 0.05) is 30.2 Å². The monoisotopic (exact) mass is 387 g/mol. The summed E-state index contributed by atoms with van der Waals surface area (Å²) in [6, 6.07) is 7.18. The molecule has 7 nitrogen and oxygen atoms in total. The zero-order chi connectivity index (χ0) is 19.6. The van der Waals surface area contributed by atoms with Gasteiger partial charge in [-0.25, -0.2) is 4.79 Å². The van der Waals surface area contributed by atoms with Gasteiger partial charge in [-0.2, -0.15) is 0 Å². The fourth-order valence-electron chi connectivity index (χ4n) is 3.02. The van der Waals surface area contributed by atoms with E-state index >= 15 is 0 Å². The van der Waals surface area contributed by atoms with Crippen molar-refractivity contribution in [3.8, 4) is 0 Å². The Bertz CT molecular complexity index is 887. The Morgan fingerprint density at radius 2 is 1.78 bits per heavy atom. The van der Waals surface area contributed by atoms with Gasteiger partial charge in [-0.05, 0) is 49.1 Å². The average molecular weight is 387 g/mol.